The monoisotopic (exact) mass is 168 g/mol. The molecule has 0 radical (unpaired) electrons. The van der Waals surface area contributed by atoms with Gasteiger partial charge in [0.1, 0.15) is 12.4 Å². The minimum atomic E-state index is -1.29. The third-order valence-electron chi connectivity index (χ3n) is 1.32. The molecule has 3 nitrogen and oxygen atoms in total. The molecule has 1 atom stereocenters. The number of hydrogen-bond acceptors (Lipinski definition) is 3. The first-order chi connectivity index (χ1) is 5.63. The highest BCUT2D eigenvalue weighted by Crippen LogP contribution is 2.00. The second kappa shape index (κ2) is 5.43. The van der Waals surface area contributed by atoms with Gasteiger partial charge in [-0.1, -0.05) is 18.2 Å². The van der Waals surface area contributed by atoms with Gasteiger partial charge in [-0.2, -0.15) is 0 Å². The number of Topliss-reactive ketones (excluding diaryl/α,β-unsaturated/α-hetero) is 1. The van der Waals surface area contributed by atoms with Crippen molar-refractivity contribution in [3.8, 4) is 0 Å². The Hall–Kier alpha value is -1.22. The van der Waals surface area contributed by atoms with E-state index in [9.17, 15) is 9.59 Å². The first-order valence-electron chi connectivity index (χ1n) is 3.60. The van der Waals surface area contributed by atoms with Crippen molar-refractivity contribution in [2.75, 3.05) is 0 Å². The van der Waals surface area contributed by atoms with Crippen LogP contribution in [0.25, 0.3) is 0 Å². The first kappa shape index (κ1) is 10.8. The van der Waals surface area contributed by atoms with Crippen LogP contribution in [0.1, 0.15) is 13.8 Å². The summed E-state index contributed by atoms with van der Waals surface area (Å²) in [5, 5.41) is 9.13. The third-order valence-corrected chi connectivity index (χ3v) is 1.32. The molecule has 0 fully saturated rings. The molecule has 0 aliphatic rings. The number of rotatable bonds is 4. The smallest absolute Gasteiger partial charge is 0.162 e. The molecule has 3 heteroatoms. The van der Waals surface area contributed by atoms with Crippen LogP contribution in [0, 0.1) is 0 Å². The van der Waals surface area contributed by atoms with Crippen molar-refractivity contribution in [2.24, 2.45) is 0 Å². The molecular weight excluding hydrogens is 156 g/mol. The summed E-state index contributed by atoms with van der Waals surface area (Å²) < 4.78 is 0. The number of aliphatic hydroxyl groups is 1. The topological polar surface area (TPSA) is 54.4 Å². The van der Waals surface area contributed by atoms with Crippen LogP contribution in [0.3, 0.4) is 0 Å². The number of ketones is 1. The van der Waals surface area contributed by atoms with E-state index in [1.165, 1.54) is 13.0 Å². The number of allylic oxidation sites excluding steroid dienone is 3. The molecule has 0 aromatic carbocycles. The van der Waals surface area contributed by atoms with Crippen molar-refractivity contribution < 1.29 is 14.7 Å². The molecule has 0 aromatic heterocycles. The Morgan fingerprint density at radius 2 is 2.08 bits per heavy atom. The van der Waals surface area contributed by atoms with Crippen LogP contribution in [-0.2, 0) is 9.59 Å². The quantitative estimate of drug-likeness (QED) is 0.380. The fourth-order valence-corrected chi connectivity index (χ4v) is 0.637. The van der Waals surface area contributed by atoms with Gasteiger partial charge in [0, 0.05) is 5.57 Å². The zero-order valence-electron chi connectivity index (χ0n) is 7.15. The molecule has 1 N–H and O–H groups in total. The predicted molar refractivity (Wildman–Crippen MR) is 45.6 cm³/mol. The molecule has 0 saturated carbocycles. The van der Waals surface area contributed by atoms with Crippen LogP contribution >= 0.6 is 0 Å². The summed E-state index contributed by atoms with van der Waals surface area (Å²) in [5.74, 6) is -0.433. The van der Waals surface area contributed by atoms with Gasteiger partial charge in [-0.15, -0.1) is 0 Å². The number of carbonyl (C=O) groups excluding carboxylic acids is 2. The molecular formula is C9H12O3. The van der Waals surface area contributed by atoms with Crippen molar-refractivity contribution in [3.05, 3.63) is 23.8 Å². The van der Waals surface area contributed by atoms with E-state index >= 15 is 0 Å². The molecule has 0 saturated heterocycles. The maximum absolute atomic E-state index is 10.6. The molecule has 0 aliphatic heterocycles. The van der Waals surface area contributed by atoms with Crippen LogP contribution in [0.15, 0.2) is 23.8 Å². The normalized spacial score (nSPS) is 14.8. The highest BCUT2D eigenvalue weighted by Gasteiger charge is 2.13. The second-order valence-corrected chi connectivity index (χ2v) is 2.32. The van der Waals surface area contributed by atoms with Crippen molar-refractivity contribution >= 4 is 12.1 Å². The van der Waals surface area contributed by atoms with Crippen molar-refractivity contribution in [1.82, 2.24) is 0 Å². The van der Waals surface area contributed by atoms with E-state index in [1.54, 1.807) is 19.1 Å². The summed E-state index contributed by atoms with van der Waals surface area (Å²) in [5.41, 5.74) is 0.0839. The number of carbonyl (C=O) groups is 2. The van der Waals surface area contributed by atoms with Gasteiger partial charge in [-0.25, -0.2) is 0 Å². The van der Waals surface area contributed by atoms with Gasteiger partial charge >= 0.3 is 0 Å². The van der Waals surface area contributed by atoms with E-state index in [-0.39, 0.29) is 5.57 Å². The van der Waals surface area contributed by atoms with Gasteiger partial charge in [0.2, 0.25) is 0 Å². The van der Waals surface area contributed by atoms with Gasteiger partial charge in [-0.05, 0) is 13.8 Å². The van der Waals surface area contributed by atoms with Gasteiger partial charge < -0.3 is 5.11 Å². The molecule has 0 rings (SSSR count). The number of aldehydes is 1. The highest BCUT2D eigenvalue weighted by molar-refractivity contribution is 5.92. The lowest BCUT2D eigenvalue weighted by molar-refractivity contribution is -0.124. The summed E-state index contributed by atoms with van der Waals surface area (Å²) in [7, 11) is 0. The van der Waals surface area contributed by atoms with Crippen LogP contribution in [-0.4, -0.2) is 23.3 Å². The van der Waals surface area contributed by atoms with Gasteiger partial charge in [-0.3, -0.25) is 9.59 Å². The number of hydrogen-bond donors (Lipinski definition) is 1. The van der Waals surface area contributed by atoms with E-state index in [0.717, 1.165) is 0 Å². The van der Waals surface area contributed by atoms with Crippen LogP contribution in [0.5, 0.6) is 0 Å². The summed E-state index contributed by atoms with van der Waals surface area (Å²) in [6.07, 6.45) is 3.90. The summed E-state index contributed by atoms with van der Waals surface area (Å²) in [6, 6.07) is 0. The molecule has 12 heavy (non-hydrogen) atoms. The van der Waals surface area contributed by atoms with E-state index in [0.29, 0.717) is 6.29 Å². The summed E-state index contributed by atoms with van der Waals surface area (Å²) in [6.45, 7) is 3.01. The standard InChI is InChI=1S/C9H12O3/c1-3-4-5-8(6-10)9(12)7(2)11/h3-6,9,12H,1-2H3/b4-3+,8-5-/t9-/m0/s1. The van der Waals surface area contributed by atoms with E-state index in [4.69, 9.17) is 5.11 Å². The molecule has 0 aromatic rings. The third kappa shape index (κ3) is 3.25. The zero-order valence-corrected chi connectivity index (χ0v) is 7.15. The lowest BCUT2D eigenvalue weighted by atomic mass is 10.1. The average molecular weight is 168 g/mol. The Morgan fingerprint density at radius 3 is 2.42 bits per heavy atom. The highest BCUT2D eigenvalue weighted by atomic mass is 16.3. The lowest BCUT2D eigenvalue weighted by Crippen LogP contribution is -2.20. The van der Waals surface area contributed by atoms with E-state index in [1.807, 2.05) is 0 Å². The predicted octanol–water partition coefficient (Wildman–Crippen LogP) is 0.638. The Kier molecular flexibility index (Phi) is 4.88. The lowest BCUT2D eigenvalue weighted by Gasteiger charge is -2.03. The molecule has 0 aliphatic carbocycles. The minimum absolute atomic E-state index is 0.0839. The van der Waals surface area contributed by atoms with Crippen molar-refractivity contribution in [1.29, 1.82) is 0 Å². The number of aliphatic hydroxyl groups excluding tert-OH is 1. The molecule has 0 unspecified atom stereocenters. The largest absolute Gasteiger partial charge is 0.380 e. The van der Waals surface area contributed by atoms with Gasteiger partial charge in [0.25, 0.3) is 0 Å². The molecule has 0 amide bonds. The Bertz CT molecular complexity index is 226. The average Bonchev–Trinajstić information content (AvgIpc) is 2.05. The Morgan fingerprint density at radius 1 is 1.50 bits per heavy atom. The Labute approximate surface area is 71.4 Å². The van der Waals surface area contributed by atoms with Gasteiger partial charge in [0.15, 0.2) is 5.78 Å². The maximum Gasteiger partial charge on any atom is 0.162 e. The first-order valence-corrected chi connectivity index (χ1v) is 3.60. The van der Waals surface area contributed by atoms with Crippen LogP contribution in [0.2, 0.25) is 0 Å². The fourth-order valence-electron chi connectivity index (χ4n) is 0.637. The second-order valence-electron chi connectivity index (χ2n) is 2.32. The van der Waals surface area contributed by atoms with Crippen LogP contribution in [0.4, 0.5) is 0 Å². The molecule has 66 valence electrons. The summed E-state index contributed by atoms with van der Waals surface area (Å²) in [4.78, 5) is 21.0. The van der Waals surface area contributed by atoms with Gasteiger partial charge in [0.05, 0.1) is 0 Å². The fraction of sp³-hybridized carbons (Fsp3) is 0.333. The summed E-state index contributed by atoms with van der Waals surface area (Å²) >= 11 is 0. The molecule has 0 heterocycles. The zero-order chi connectivity index (χ0) is 9.56. The maximum atomic E-state index is 10.6. The van der Waals surface area contributed by atoms with E-state index < -0.39 is 11.9 Å². The van der Waals surface area contributed by atoms with Crippen molar-refractivity contribution in [2.45, 2.75) is 20.0 Å². The Balaban J connectivity index is 4.54. The SMILES string of the molecule is C/C=C/C=C(/C=O)[C@@H](O)C(C)=O. The molecule has 0 bridgehead atoms. The molecule has 0 spiro atoms. The van der Waals surface area contributed by atoms with E-state index in [2.05, 4.69) is 0 Å². The minimum Gasteiger partial charge on any atom is -0.380 e. The van der Waals surface area contributed by atoms with Crippen molar-refractivity contribution in [3.63, 3.8) is 0 Å². The van der Waals surface area contributed by atoms with Crippen LogP contribution < -0.4 is 0 Å².